The van der Waals surface area contributed by atoms with E-state index in [1.54, 1.807) is 27.9 Å². The SMILES string of the molecule is Cn1cc([C@@H]2CN(C(=O)Nc3cc(Cl)cc4c3OCC(=O)N4)C[C@H]2N)cn1. The molecule has 1 aromatic heterocycles. The van der Waals surface area contributed by atoms with Gasteiger partial charge in [0.05, 0.1) is 17.6 Å². The fraction of sp³-hybridized carbons (Fsp3) is 0.353. The molecule has 0 spiro atoms. The van der Waals surface area contributed by atoms with Crippen LogP contribution in [0.15, 0.2) is 24.5 Å². The van der Waals surface area contributed by atoms with Gasteiger partial charge in [0.1, 0.15) is 0 Å². The van der Waals surface area contributed by atoms with Crippen LogP contribution in [0.25, 0.3) is 0 Å². The van der Waals surface area contributed by atoms with Crippen molar-refractivity contribution in [3.8, 4) is 5.75 Å². The van der Waals surface area contributed by atoms with Crippen molar-refractivity contribution in [3.63, 3.8) is 0 Å². The van der Waals surface area contributed by atoms with Crippen molar-refractivity contribution >= 4 is 34.9 Å². The lowest BCUT2D eigenvalue weighted by Gasteiger charge is -2.23. The zero-order chi connectivity index (χ0) is 19.1. The molecule has 2 aromatic rings. The first-order valence-electron chi connectivity index (χ1n) is 8.47. The number of hydrogen-bond donors (Lipinski definition) is 3. The quantitative estimate of drug-likeness (QED) is 0.716. The van der Waals surface area contributed by atoms with Crippen LogP contribution in [0.2, 0.25) is 5.02 Å². The smallest absolute Gasteiger partial charge is 0.322 e. The summed E-state index contributed by atoms with van der Waals surface area (Å²) in [6, 6.07) is 2.68. The molecule has 142 valence electrons. The Hall–Kier alpha value is -2.78. The predicted octanol–water partition coefficient (Wildman–Crippen LogP) is 1.36. The second-order valence-electron chi connectivity index (χ2n) is 6.72. The number of aryl methyl sites for hydroxylation is 1. The Morgan fingerprint density at radius 3 is 3.00 bits per heavy atom. The minimum absolute atomic E-state index is 0.0215. The number of nitrogens with two attached hydrogens (primary N) is 1. The van der Waals surface area contributed by atoms with Crippen molar-refractivity contribution in [3.05, 3.63) is 35.1 Å². The van der Waals surface area contributed by atoms with Crippen LogP contribution in [0.5, 0.6) is 5.75 Å². The van der Waals surface area contributed by atoms with Crippen LogP contribution in [0.1, 0.15) is 11.5 Å². The number of rotatable bonds is 2. The van der Waals surface area contributed by atoms with Crippen LogP contribution in [-0.4, -0.2) is 52.4 Å². The molecular weight excluding hydrogens is 372 g/mol. The molecule has 4 rings (SSSR count). The first-order valence-corrected chi connectivity index (χ1v) is 8.85. The van der Waals surface area contributed by atoms with Gasteiger partial charge in [0.25, 0.3) is 5.91 Å². The standard InChI is InChI=1S/C17H19ClN6O3/c1-23-5-9(4-20-23)11-6-24(7-12(11)19)17(26)22-14-3-10(18)2-13-16(14)27-8-15(25)21-13/h2-5,11-12H,6-8,19H2,1H3,(H,21,25)(H,22,26)/t11-,12+/m0/s1. The van der Waals surface area contributed by atoms with E-state index in [1.165, 1.54) is 0 Å². The average Bonchev–Trinajstić information content (AvgIpc) is 3.19. The number of nitrogens with zero attached hydrogens (tertiary/aromatic N) is 3. The summed E-state index contributed by atoms with van der Waals surface area (Å²) in [5.74, 6) is 0.139. The second kappa shape index (κ2) is 6.75. The van der Waals surface area contributed by atoms with E-state index in [2.05, 4.69) is 15.7 Å². The number of aromatic nitrogens is 2. The van der Waals surface area contributed by atoms with Crippen LogP contribution in [0, 0.1) is 0 Å². The Balaban J connectivity index is 1.51. The van der Waals surface area contributed by atoms with Crippen LogP contribution in [0.3, 0.4) is 0 Å². The largest absolute Gasteiger partial charge is 0.479 e. The summed E-state index contributed by atoms with van der Waals surface area (Å²) in [7, 11) is 1.84. The molecule has 10 heteroatoms. The molecule has 0 saturated carbocycles. The molecule has 0 radical (unpaired) electrons. The van der Waals surface area contributed by atoms with Gasteiger partial charge in [-0.15, -0.1) is 0 Å². The topological polar surface area (TPSA) is 115 Å². The predicted molar refractivity (Wildman–Crippen MR) is 100 cm³/mol. The van der Waals surface area contributed by atoms with Gasteiger partial charge < -0.3 is 26.0 Å². The highest BCUT2D eigenvalue weighted by Crippen LogP contribution is 2.39. The number of halogens is 1. The average molecular weight is 391 g/mol. The Bertz CT molecular complexity index is 914. The van der Waals surface area contributed by atoms with Crippen LogP contribution < -0.4 is 21.1 Å². The van der Waals surface area contributed by atoms with Gasteiger partial charge in [-0.2, -0.15) is 5.10 Å². The lowest BCUT2D eigenvalue weighted by molar-refractivity contribution is -0.118. The van der Waals surface area contributed by atoms with Gasteiger partial charge >= 0.3 is 6.03 Å². The third-order valence-corrected chi connectivity index (χ3v) is 4.94. The normalized spacial score (nSPS) is 21.4. The van der Waals surface area contributed by atoms with Crippen molar-refractivity contribution < 1.29 is 14.3 Å². The van der Waals surface area contributed by atoms with E-state index in [-0.39, 0.29) is 30.5 Å². The maximum Gasteiger partial charge on any atom is 0.322 e. The Kier molecular flexibility index (Phi) is 4.40. The molecule has 2 atom stereocenters. The molecule has 1 saturated heterocycles. The van der Waals surface area contributed by atoms with E-state index >= 15 is 0 Å². The lowest BCUT2D eigenvalue weighted by Crippen LogP contribution is -2.35. The summed E-state index contributed by atoms with van der Waals surface area (Å²) in [5.41, 5.74) is 8.08. The zero-order valence-corrected chi connectivity index (χ0v) is 15.4. The number of amides is 3. The number of nitrogens with one attached hydrogen (secondary N) is 2. The van der Waals surface area contributed by atoms with E-state index in [0.717, 1.165) is 5.56 Å². The fourth-order valence-electron chi connectivity index (χ4n) is 3.43. The maximum atomic E-state index is 12.8. The summed E-state index contributed by atoms with van der Waals surface area (Å²) in [6.07, 6.45) is 3.69. The molecule has 27 heavy (non-hydrogen) atoms. The molecule has 0 unspecified atom stereocenters. The zero-order valence-electron chi connectivity index (χ0n) is 14.6. The molecule has 3 heterocycles. The number of benzene rings is 1. The second-order valence-corrected chi connectivity index (χ2v) is 7.16. The van der Waals surface area contributed by atoms with Gasteiger partial charge in [0.15, 0.2) is 12.4 Å². The summed E-state index contributed by atoms with van der Waals surface area (Å²) < 4.78 is 7.18. The molecule has 2 aliphatic heterocycles. The molecule has 1 aromatic carbocycles. The van der Waals surface area contributed by atoms with Crippen molar-refractivity contribution in [1.82, 2.24) is 14.7 Å². The molecule has 1 fully saturated rings. The fourth-order valence-corrected chi connectivity index (χ4v) is 3.65. The number of carbonyl (C=O) groups is 2. The molecule has 2 aliphatic rings. The highest BCUT2D eigenvalue weighted by molar-refractivity contribution is 6.31. The van der Waals surface area contributed by atoms with Gasteiger partial charge in [0, 0.05) is 43.3 Å². The summed E-state index contributed by atoms with van der Waals surface area (Å²) in [5, 5.41) is 10.0. The van der Waals surface area contributed by atoms with Gasteiger partial charge in [-0.05, 0) is 17.7 Å². The Morgan fingerprint density at radius 2 is 2.26 bits per heavy atom. The molecular formula is C17H19ClN6O3. The molecule has 9 nitrogen and oxygen atoms in total. The minimum atomic E-state index is -0.304. The highest BCUT2D eigenvalue weighted by atomic mass is 35.5. The number of anilines is 2. The summed E-state index contributed by atoms with van der Waals surface area (Å²) in [6.45, 7) is 0.792. The molecule has 0 bridgehead atoms. The number of ether oxygens (including phenoxy) is 1. The first kappa shape index (κ1) is 17.6. The van der Waals surface area contributed by atoms with Gasteiger partial charge in [-0.3, -0.25) is 9.48 Å². The minimum Gasteiger partial charge on any atom is -0.479 e. The van der Waals surface area contributed by atoms with Gasteiger partial charge in [-0.25, -0.2) is 4.79 Å². The number of carbonyl (C=O) groups excluding carboxylic acids is 2. The van der Waals surface area contributed by atoms with E-state index in [9.17, 15) is 9.59 Å². The molecule has 0 aliphatic carbocycles. The Labute approximate surface area is 160 Å². The number of fused-ring (bicyclic) bond motifs is 1. The monoisotopic (exact) mass is 390 g/mol. The van der Waals surface area contributed by atoms with Crippen molar-refractivity contribution in [1.29, 1.82) is 0 Å². The van der Waals surface area contributed by atoms with E-state index in [4.69, 9.17) is 22.1 Å². The van der Waals surface area contributed by atoms with Crippen LogP contribution >= 0.6 is 11.6 Å². The van der Waals surface area contributed by atoms with Crippen LogP contribution in [0.4, 0.5) is 16.2 Å². The number of hydrogen-bond acceptors (Lipinski definition) is 5. The Morgan fingerprint density at radius 1 is 1.44 bits per heavy atom. The third-order valence-electron chi connectivity index (χ3n) is 4.72. The number of urea groups is 1. The van der Waals surface area contributed by atoms with E-state index in [0.29, 0.717) is 35.2 Å². The van der Waals surface area contributed by atoms with Crippen molar-refractivity contribution in [2.24, 2.45) is 12.8 Å². The lowest BCUT2D eigenvalue weighted by atomic mass is 9.98. The van der Waals surface area contributed by atoms with Crippen molar-refractivity contribution in [2.75, 3.05) is 30.3 Å². The highest BCUT2D eigenvalue weighted by Gasteiger charge is 2.35. The first-order chi connectivity index (χ1) is 12.9. The van der Waals surface area contributed by atoms with Gasteiger partial charge in [-0.1, -0.05) is 11.6 Å². The van der Waals surface area contributed by atoms with Crippen LogP contribution in [-0.2, 0) is 11.8 Å². The van der Waals surface area contributed by atoms with E-state index < -0.39 is 0 Å². The number of likely N-dealkylation sites (tertiary alicyclic amines) is 1. The summed E-state index contributed by atoms with van der Waals surface area (Å²) in [4.78, 5) is 25.9. The molecule has 4 N–H and O–H groups in total. The molecule has 3 amide bonds. The van der Waals surface area contributed by atoms with Crippen molar-refractivity contribution in [2.45, 2.75) is 12.0 Å². The van der Waals surface area contributed by atoms with E-state index in [1.807, 2.05) is 13.2 Å². The maximum absolute atomic E-state index is 12.8. The van der Waals surface area contributed by atoms with Gasteiger partial charge in [0.2, 0.25) is 0 Å². The summed E-state index contributed by atoms with van der Waals surface area (Å²) >= 11 is 6.10. The third kappa shape index (κ3) is 3.43.